The van der Waals surface area contributed by atoms with Crippen molar-refractivity contribution in [1.82, 2.24) is 0 Å². The van der Waals surface area contributed by atoms with Gasteiger partial charge in [0.25, 0.3) is 5.91 Å². The number of hydrogen-bond donors (Lipinski definition) is 2. The van der Waals surface area contributed by atoms with E-state index in [2.05, 4.69) is 5.32 Å². The smallest absolute Gasteiger partial charge is 0.379 e. The highest BCUT2D eigenvalue weighted by atomic mass is 32.2. The zero-order valence-corrected chi connectivity index (χ0v) is 11.6. The second-order valence-corrected chi connectivity index (χ2v) is 5.92. The zero-order valence-electron chi connectivity index (χ0n) is 10.8. The molecule has 0 bridgehead atoms. The van der Waals surface area contributed by atoms with E-state index in [1.807, 2.05) is 0 Å². The maximum atomic E-state index is 12.8. The molecule has 1 aliphatic rings. The third-order valence-corrected chi connectivity index (χ3v) is 4.40. The fraction of sp³-hybridized carbons (Fsp3) is 0.462. The van der Waals surface area contributed by atoms with Gasteiger partial charge in [0.15, 0.2) is 5.60 Å². The summed E-state index contributed by atoms with van der Waals surface area (Å²) in [5.74, 6) is 0.266. The van der Waals surface area contributed by atoms with Crippen LogP contribution in [0.1, 0.15) is 17.5 Å². The van der Waals surface area contributed by atoms with Crippen LogP contribution in [0.25, 0.3) is 0 Å². The first-order valence-corrected chi connectivity index (χ1v) is 7.17. The van der Waals surface area contributed by atoms with Crippen LogP contribution in [0, 0.1) is 6.92 Å². The van der Waals surface area contributed by atoms with Crippen LogP contribution in [0.5, 0.6) is 0 Å². The van der Waals surface area contributed by atoms with Crippen molar-refractivity contribution >= 4 is 23.4 Å². The van der Waals surface area contributed by atoms with Gasteiger partial charge in [0, 0.05) is 11.4 Å². The van der Waals surface area contributed by atoms with Gasteiger partial charge in [-0.2, -0.15) is 24.9 Å². The molecule has 1 aliphatic heterocycles. The predicted octanol–water partition coefficient (Wildman–Crippen LogP) is 2.82. The lowest BCUT2D eigenvalue weighted by Gasteiger charge is -2.21. The number of aliphatic hydroxyl groups is 1. The van der Waals surface area contributed by atoms with Gasteiger partial charge >= 0.3 is 6.18 Å². The van der Waals surface area contributed by atoms with Crippen molar-refractivity contribution in [3.05, 3.63) is 29.3 Å². The third kappa shape index (κ3) is 3.09. The molecule has 1 amide bonds. The molecule has 1 atom stereocenters. The summed E-state index contributed by atoms with van der Waals surface area (Å²) in [4.78, 5) is 11.9. The van der Waals surface area contributed by atoms with Gasteiger partial charge in [0.05, 0.1) is 5.56 Å². The summed E-state index contributed by atoms with van der Waals surface area (Å²) in [6.45, 7) is 1.36. The quantitative estimate of drug-likeness (QED) is 0.883. The highest BCUT2D eigenvalue weighted by Gasteiger charge is 2.40. The number of hydrogen-bond acceptors (Lipinski definition) is 3. The van der Waals surface area contributed by atoms with Crippen LogP contribution in [0.3, 0.4) is 0 Å². The first-order valence-electron chi connectivity index (χ1n) is 6.02. The predicted molar refractivity (Wildman–Crippen MR) is 71.7 cm³/mol. The lowest BCUT2D eigenvalue weighted by molar-refractivity contribution is -0.138. The number of carbonyl (C=O) groups excluding carboxylic acids is 1. The van der Waals surface area contributed by atoms with Crippen molar-refractivity contribution in [3.8, 4) is 0 Å². The number of nitrogens with one attached hydrogen (secondary N) is 1. The average molecular weight is 305 g/mol. The number of amides is 1. The Morgan fingerprint density at radius 2 is 2.15 bits per heavy atom. The minimum Gasteiger partial charge on any atom is -0.379 e. The number of aryl methyl sites for hydroxylation is 1. The van der Waals surface area contributed by atoms with Crippen molar-refractivity contribution in [3.63, 3.8) is 0 Å². The number of carbonyl (C=O) groups is 1. The number of anilines is 1. The van der Waals surface area contributed by atoms with Crippen molar-refractivity contribution in [2.75, 3.05) is 16.8 Å². The van der Waals surface area contributed by atoms with Crippen LogP contribution in [0.15, 0.2) is 18.2 Å². The summed E-state index contributed by atoms with van der Waals surface area (Å²) < 4.78 is 38.3. The molecule has 0 spiro atoms. The van der Waals surface area contributed by atoms with Crippen LogP contribution in [0.4, 0.5) is 18.9 Å². The summed E-state index contributed by atoms with van der Waals surface area (Å²) in [7, 11) is 0. The lowest BCUT2D eigenvalue weighted by atomic mass is 10.0. The topological polar surface area (TPSA) is 49.3 Å². The monoisotopic (exact) mass is 305 g/mol. The molecule has 2 rings (SSSR count). The van der Waals surface area contributed by atoms with E-state index in [1.54, 1.807) is 0 Å². The molecule has 1 fully saturated rings. The molecule has 1 unspecified atom stereocenters. The van der Waals surface area contributed by atoms with Crippen molar-refractivity contribution in [2.45, 2.75) is 25.1 Å². The van der Waals surface area contributed by atoms with Gasteiger partial charge in [-0.25, -0.2) is 0 Å². The molecule has 1 aromatic carbocycles. The van der Waals surface area contributed by atoms with Crippen molar-refractivity contribution in [1.29, 1.82) is 0 Å². The summed E-state index contributed by atoms with van der Waals surface area (Å²) in [6, 6.07) is 3.58. The minimum atomic E-state index is -4.47. The average Bonchev–Trinajstić information content (AvgIpc) is 2.78. The van der Waals surface area contributed by atoms with Gasteiger partial charge < -0.3 is 10.4 Å². The first-order chi connectivity index (χ1) is 9.22. The molecule has 0 radical (unpaired) electrons. The van der Waals surface area contributed by atoms with E-state index < -0.39 is 23.2 Å². The summed E-state index contributed by atoms with van der Waals surface area (Å²) in [5, 5.41) is 12.4. The highest BCUT2D eigenvalue weighted by molar-refractivity contribution is 7.99. The van der Waals surface area contributed by atoms with Gasteiger partial charge in [-0.3, -0.25) is 4.79 Å². The SMILES string of the molecule is Cc1ccc(NC(=O)C2(O)CCSC2)cc1C(F)(F)F. The number of benzene rings is 1. The highest BCUT2D eigenvalue weighted by Crippen LogP contribution is 2.34. The van der Waals surface area contributed by atoms with Gasteiger partial charge in [-0.15, -0.1) is 0 Å². The van der Waals surface area contributed by atoms with E-state index in [-0.39, 0.29) is 17.0 Å². The molecule has 110 valence electrons. The molecule has 0 aliphatic carbocycles. The summed E-state index contributed by atoms with van der Waals surface area (Å²) >= 11 is 1.44. The van der Waals surface area contributed by atoms with Crippen molar-refractivity contribution in [2.24, 2.45) is 0 Å². The molecule has 0 aromatic heterocycles. The Bertz CT molecular complexity index is 525. The number of thioether (sulfide) groups is 1. The van der Waals surface area contributed by atoms with Gasteiger partial charge in [0.2, 0.25) is 0 Å². The normalized spacial score (nSPS) is 22.9. The maximum Gasteiger partial charge on any atom is 0.416 e. The second-order valence-electron chi connectivity index (χ2n) is 4.82. The van der Waals surface area contributed by atoms with Gasteiger partial charge in [0.1, 0.15) is 0 Å². The van der Waals surface area contributed by atoms with Crippen LogP contribution in [-0.2, 0) is 11.0 Å². The molecule has 2 N–H and O–H groups in total. The van der Waals surface area contributed by atoms with E-state index >= 15 is 0 Å². The Kier molecular flexibility index (Phi) is 4.02. The Morgan fingerprint density at radius 1 is 1.45 bits per heavy atom. The molecular formula is C13H14F3NO2S. The minimum absolute atomic E-state index is 0.0400. The van der Waals surface area contributed by atoms with Crippen molar-refractivity contribution < 1.29 is 23.1 Å². The molecule has 1 heterocycles. The fourth-order valence-corrected chi connectivity index (χ4v) is 3.23. The molecule has 3 nitrogen and oxygen atoms in total. The molecule has 20 heavy (non-hydrogen) atoms. The second kappa shape index (κ2) is 5.29. The van der Waals surface area contributed by atoms with E-state index in [0.29, 0.717) is 12.2 Å². The summed E-state index contributed by atoms with van der Waals surface area (Å²) in [5.41, 5.74) is -2.15. The van der Waals surface area contributed by atoms with E-state index in [9.17, 15) is 23.1 Å². The van der Waals surface area contributed by atoms with Gasteiger partial charge in [-0.05, 0) is 36.8 Å². The third-order valence-electron chi connectivity index (χ3n) is 3.22. The number of rotatable bonds is 2. The standard InChI is InChI=1S/C13H14F3NO2S/c1-8-2-3-9(6-10(8)13(14,15)16)17-11(18)12(19)4-5-20-7-12/h2-3,6,19H,4-5,7H2,1H3,(H,17,18). The molecule has 7 heteroatoms. The Balaban J connectivity index is 2.20. The van der Waals surface area contributed by atoms with Crippen LogP contribution in [-0.4, -0.2) is 28.1 Å². The Labute approximate surface area is 118 Å². The molecule has 1 saturated heterocycles. The first kappa shape index (κ1) is 15.2. The van der Waals surface area contributed by atoms with E-state index in [0.717, 1.165) is 6.07 Å². The van der Waals surface area contributed by atoms with Crippen LogP contribution in [0.2, 0.25) is 0 Å². The zero-order chi connectivity index (χ0) is 15.0. The molecule has 1 aromatic rings. The number of halogens is 3. The van der Waals surface area contributed by atoms with Crippen LogP contribution >= 0.6 is 11.8 Å². The Hall–Kier alpha value is -1.21. The van der Waals surface area contributed by atoms with E-state index in [1.165, 1.54) is 30.8 Å². The molecular weight excluding hydrogens is 291 g/mol. The summed E-state index contributed by atoms with van der Waals surface area (Å²) in [6.07, 6.45) is -4.16. The number of alkyl halides is 3. The Morgan fingerprint density at radius 3 is 2.70 bits per heavy atom. The largest absolute Gasteiger partial charge is 0.416 e. The van der Waals surface area contributed by atoms with Gasteiger partial charge in [-0.1, -0.05) is 6.07 Å². The maximum absolute atomic E-state index is 12.8. The lowest BCUT2D eigenvalue weighted by Crippen LogP contribution is -2.42. The fourth-order valence-electron chi connectivity index (χ4n) is 1.99. The van der Waals surface area contributed by atoms with Crippen LogP contribution < -0.4 is 5.32 Å². The molecule has 0 saturated carbocycles. The van der Waals surface area contributed by atoms with E-state index in [4.69, 9.17) is 0 Å².